The second-order valence-corrected chi connectivity index (χ2v) is 5.03. The van der Waals surface area contributed by atoms with Crippen LogP contribution in [0.3, 0.4) is 0 Å². The molecule has 1 aromatic heterocycles. The van der Waals surface area contributed by atoms with Crippen LogP contribution in [0.4, 0.5) is 0 Å². The van der Waals surface area contributed by atoms with E-state index in [2.05, 4.69) is 49.0 Å². The van der Waals surface area contributed by atoms with Gasteiger partial charge in [-0.2, -0.15) is 0 Å². The van der Waals surface area contributed by atoms with E-state index in [4.69, 9.17) is 4.98 Å². The summed E-state index contributed by atoms with van der Waals surface area (Å²) in [5.41, 5.74) is 2.33. The molecule has 0 fully saturated rings. The Balaban J connectivity index is 2.05. The quantitative estimate of drug-likeness (QED) is 0.793. The van der Waals surface area contributed by atoms with Crippen molar-refractivity contribution in [1.29, 1.82) is 0 Å². The molecule has 1 aromatic carbocycles. The summed E-state index contributed by atoms with van der Waals surface area (Å²) in [4.78, 5) is 4.72. The highest BCUT2D eigenvalue weighted by atomic mass is 15.1. The Morgan fingerprint density at radius 3 is 2.83 bits per heavy atom. The Morgan fingerprint density at radius 2 is 2.11 bits per heavy atom. The van der Waals surface area contributed by atoms with Crippen molar-refractivity contribution in [3.63, 3.8) is 0 Å². The summed E-state index contributed by atoms with van der Waals surface area (Å²) in [5.74, 6) is 1.86. The zero-order chi connectivity index (χ0) is 13.0. The largest absolute Gasteiger partial charge is 0.331 e. The van der Waals surface area contributed by atoms with Crippen LogP contribution in [0.2, 0.25) is 0 Å². The Kier molecular flexibility index (Phi) is 4.37. The molecule has 1 atom stereocenters. The van der Waals surface area contributed by atoms with Crippen LogP contribution in [0.5, 0.6) is 0 Å². The van der Waals surface area contributed by atoms with E-state index in [0.29, 0.717) is 5.92 Å². The molecule has 0 saturated heterocycles. The number of aryl methyl sites for hydroxylation is 1. The highest BCUT2D eigenvalue weighted by molar-refractivity contribution is 5.75. The minimum atomic E-state index is 0.666. The molecule has 3 nitrogen and oxygen atoms in total. The third kappa shape index (κ3) is 2.91. The summed E-state index contributed by atoms with van der Waals surface area (Å²) >= 11 is 0. The molecule has 0 spiro atoms. The number of nitrogens with one attached hydrogen (secondary N) is 1. The van der Waals surface area contributed by atoms with E-state index >= 15 is 0 Å². The Bertz CT molecular complexity index is 501. The van der Waals surface area contributed by atoms with Crippen molar-refractivity contribution >= 4 is 11.0 Å². The number of benzene rings is 1. The first-order valence-corrected chi connectivity index (χ1v) is 6.83. The standard InChI is InChI=1S/C15H23N3/c1-4-16-10-9-12(2)11-15-17-13-7-5-6-8-14(13)18(15)3/h5-8,12,16H,4,9-11H2,1-3H3. The fraction of sp³-hybridized carbons (Fsp3) is 0.533. The third-order valence-electron chi connectivity index (χ3n) is 3.47. The number of hydrogen-bond acceptors (Lipinski definition) is 2. The molecule has 18 heavy (non-hydrogen) atoms. The van der Waals surface area contributed by atoms with Gasteiger partial charge < -0.3 is 9.88 Å². The fourth-order valence-corrected chi connectivity index (χ4v) is 2.32. The molecule has 3 heteroatoms. The molecule has 1 N–H and O–H groups in total. The number of hydrogen-bond donors (Lipinski definition) is 1. The molecule has 0 aliphatic rings. The summed E-state index contributed by atoms with van der Waals surface area (Å²) in [5, 5.41) is 3.38. The predicted molar refractivity (Wildman–Crippen MR) is 76.7 cm³/mol. The average molecular weight is 245 g/mol. The summed E-state index contributed by atoms with van der Waals surface area (Å²) in [7, 11) is 2.11. The van der Waals surface area contributed by atoms with Crippen LogP contribution in [0.25, 0.3) is 11.0 Å². The van der Waals surface area contributed by atoms with E-state index in [1.54, 1.807) is 0 Å². The van der Waals surface area contributed by atoms with Gasteiger partial charge in [-0.1, -0.05) is 26.0 Å². The first kappa shape index (κ1) is 13.1. The van der Waals surface area contributed by atoms with Gasteiger partial charge in [0, 0.05) is 13.5 Å². The topological polar surface area (TPSA) is 29.9 Å². The van der Waals surface area contributed by atoms with Gasteiger partial charge in [0.15, 0.2) is 0 Å². The summed E-state index contributed by atoms with van der Waals surface area (Å²) in [6.07, 6.45) is 2.26. The lowest BCUT2D eigenvalue weighted by atomic mass is 10.0. The van der Waals surface area contributed by atoms with Gasteiger partial charge in [0.2, 0.25) is 0 Å². The summed E-state index contributed by atoms with van der Waals surface area (Å²) < 4.78 is 2.22. The van der Waals surface area contributed by atoms with Crippen molar-refractivity contribution in [1.82, 2.24) is 14.9 Å². The SMILES string of the molecule is CCNCCC(C)Cc1nc2ccccc2n1C. The molecule has 1 heterocycles. The lowest BCUT2D eigenvalue weighted by Gasteiger charge is -2.11. The molecule has 0 amide bonds. The molecule has 0 saturated carbocycles. The number of aromatic nitrogens is 2. The van der Waals surface area contributed by atoms with E-state index in [1.165, 1.54) is 17.8 Å². The third-order valence-corrected chi connectivity index (χ3v) is 3.47. The van der Waals surface area contributed by atoms with Crippen molar-refractivity contribution < 1.29 is 0 Å². The van der Waals surface area contributed by atoms with Crippen molar-refractivity contribution in [2.24, 2.45) is 13.0 Å². The fourth-order valence-electron chi connectivity index (χ4n) is 2.32. The Morgan fingerprint density at radius 1 is 1.33 bits per heavy atom. The smallest absolute Gasteiger partial charge is 0.109 e. The molecule has 2 aromatic rings. The lowest BCUT2D eigenvalue weighted by Crippen LogP contribution is -2.18. The highest BCUT2D eigenvalue weighted by Gasteiger charge is 2.10. The van der Waals surface area contributed by atoms with Crippen molar-refractivity contribution in [2.45, 2.75) is 26.7 Å². The van der Waals surface area contributed by atoms with Crippen LogP contribution in [-0.4, -0.2) is 22.6 Å². The number of fused-ring (bicyclic) bond motifs is 1. The van der Waals surface area contributed by atoms with Gasteiger partial charge in [0.1, 0.15) is 5.82 Å². The van der Waals surface area contributed by atoms with E-state index < -0.39 is 0 Å². The molecule has 0 aliphatic carbocycles. The van der Waals surface area contributed by atoms with Crippen LogP contribution in [0.1, 0.15) is 26.1 Å². The highest BCUT2D eigenvalue weighted by Crippen LogP contribution is 2.17. The molecular formula is C15H23N3. The van der Waals surface area contributed by atoms with E-state index in [0.717, 1.165) is 25.0 Å². The maximum Gasteiger partial charge on any atom is 0.109 e. The number of para-hydroxylation sites is 2. The van der Waals surface area contributed by atoms with Crippen molar-refractivity contribution in [3.8, 4) is 0 Å². The van der Waals surface area contributed by atoms with Gasteiger partial charge in [-0.05, 0) is 37.6 Å². The second kappa shape index (κ2) is 6.01. The van der Waals surface area contributed by atoms with Crippen LogP contribution in [-0.2, 0) is 13.5 Å². The lowest BCUT2D eigenvalue weighted by molar-refractivity contribution is 0.489. The zero-order valence-corrected chi connectivity index (χ0v) is 11.6. The van der Waals surface area contributed by atoms with Crippen molar-refractivity contribution in [2.75, 3.05) is 13.1 Å². The molecule has 0 aliphatic heterocycles. The molecule has 1 unspecified atom stereocenters. The van der Waals surface area contributed by atoms with Gasteiger partial charge in [-0.15, -0.1) is 0 Å². The number of imidazole rings is 1. The van der Waals surface area contributed by atoms with Crippen molar-refractivity contribution in [3.05, 3.63) is 30.1 Å². The Hall–Kier alpha value is -1.35. The van der Waals surface area contributed by atoms with Crippen LogP contribution >= 0.6 is 0 Å². The number of nitrogens with zero attached hydrogens (tertiary/aromatic N) is 2. The predicted octanol–water partition coefficient (Wildman–Crippen LogP) is 2.75. The van der Waals surface area contributed by atoms with Gasteiger partial charge in [0.25, 0.3) is 0 Å². The summed E-state index contributed by atoms with van der Waals surface area (Å²) in [6, 6.07) is 8.34. The average Bonchev–Trinajstić information content (AvgIpc) is 2.67. The summed E-state index contributed by atoms with van der Waals surface area (Å²) in [6.45, 7) is 6.60. The molecule has 2 rings (SSSR count). The van der Waals surface area contributed by atoms with Gasteiger partial charge in [-0.25, -0.2) is 4.98 Å². The monoisotopic (exact) mass is 245 g/mol. The van der Waals surface area contributed by atoms with Crippen LogP contribution in [0, 0.1) is 5.92 Å². The van der Waals surface area contributed by atoms with E-state index in [1.807, 2.05) is 6.07 Å². The first-order chi connectivity index (χ1) is 8.72. The maximum atomic E-state index is 4.72. The first-order valence-electron chi connectivity index (χ1n) is 6.83. The van der Waals surface area contributed by atoms with Gasteiger partial charge >= 0.3 is 0 Å². The van der Waals surface area contributed by atoms with Crippen LogP contribution in [0.15, 0.2) is 24.3 Å². The maximum absolute atomic E-state index is 4.72. The molecule has 0 bridgehead atoms. The van der Waals surface area contributed by atoms with Gasteiger partial charge in [0.05, 0.1) is 11.0 Å². The minimum absolute atomic E-state index is 0.666. The molecule has 0 radical (unpaired) electrons. The van der Waals surface area contributed by atoms with E-state index in [9.17, 15) is 0 Å². The normalized spacial score (nSPS) is 13.1. The number of rotatable bonds is 6. The molecule has 98 valence electrons. The minimum Gasteiger partial charge on any atom is -0.331 e. The van der Waals surface area contributed by atoms with Gasteiger partial charge in [-0.3, -0.25) is 0 Å². The Labute approximate surface area is 109 Å². The van der Waals surface area contributed by atoms with Crippen LogP contribution < -0.4 is 5.32 Å². The second-order valence-electron chi connectivity index (χ2n) is 5.03. The zero-order valence-electron chi connectivity index (χ0n) is 11.6. The van der Waals surface area contributed by atoms with E-state index in [-0.39, 0.29) is 0 Å². The molecular weight excluding hydrogens is 222 g/mol.